The summed E-state index contributed by atoms with van der Waals surface area (Å²) in [5, 5.41) is 78.4. The van der Waals surface area contributed by atoms with Gasteiger partial charge in [0.05, 0.1) is 19.8 Å². The van der Waals surface area contributed by atoms with Gasteiger partial charge in [-0.1, -0.05) is 6.07 Å². The lowest BCUT2D eigenvalue weighted by molar-refractivity contribution is -0.157. The maximum atomic E-state index is 11.8. The van der Waals surface area contributed by atoms with E-state index in [2.05, 4.69) is 5.32 Å². The molecule has 0 bridgehead atoms. The van der Waals surface area contributed by atoms with E-state index in [9.17, 15) is 40.5 Å². The average Bonchev–Trinajstić information content (AvgIpc) is 2.73. The molecule has 0 spiro atoms. The smallest absolute Gasteiger partial charge is 0.244 e. The average molecular weight is 417 g/mol. The highest BCUT2D eigenvalue weighted by Crippen LogP contribution is 2.26. The number of benzene rings is 1. The molecule has 1 rings (SSSR count). The molecule has 29 heavy (non-hydrogen) atoms. The van der Waals surface area contributed by atoms with Crippen LogP contribution in [0.4, 0.5) is 0 Å². The van der Waals surface area contributed by atoms with Crippen LogP contribution in [0.25, 0.3) is 6.08 Å². The third-order valence-electron chi connectivity index (χ3n) is 4.14. The van der Waals surface area contributed by atoms with Crippen LogP contribution < -0.4 is 10.1 Å². The predicted molar refractivity (Wildman–Crippen MR) is 99.8 cm³/mol. The quantitative estimate of drug-likeness (QED) is 0.164. The van der Waals surface area contributed by atoms with Gasteiger partial charge in [-0.05, 0) is 23.8 Å². The minimum atomic E-state index is -2.06. The molecule has 1 aromatic rings. The van der Waals surface area contributed by atoms with E-state index in [0.717, 1.165) is 6.08 Å². The van der Waals surface area contributed by atoms with E-state index in [1.165, 1.54) is 31.4 Å². The number of aliphatic hydroxyl groups excluding tert-OH is 7. The summed E-state index contributed by atoms with van der Waals surface area (Å²) >= 11 is 0. The summed E-state index contributed by atoms with van der Waals surface area (Å²) in [6.45, 7) is -1.38. The van der Waals surface area contributed by atoms with Gasteiger partial charge >= 0.3 is 0 Å². The highest BCUT2D eigenvalue weighted by atomic mass is 16.5. The van der Waals surface area contributed by atoms with E-state index in [1.807, 2.05) is 0 Å². The maximum Gasteiger partial charge on any atom is 0.244 e. The third-order valence-corrected chi connectivity index (χ3v) is 4.14. The first-order valence-corrected chi connectivity index (χ1v) is 8.64. The van der Waals surface area contributed by atoms with E-state index >= 15 is 0 Å². The Morgan fingerprint density at radius 1 is 1.03 bits per heavy atom. The molecule has 0 aliphatic heterocycles. The number of nitrogens with one attached hydrogen (secondary N) is 1. The lowest BCUT2D eigenvalue weighted by atomic mass is 9.96. The van der Waals surface area contributed by atoms with Gasteiger partial charge in [0.25, 0.3) is 0 Å². The Kier molecular flexibility index (Phi) is 9.98. The van der Waals surface area contributed by atoms with Gasteiger partial charge in [0.2, 0.25) is 5.91 Å². The molecule has 0 saturated carbocycles. The first kappa shape index (κ1) is 24.8. The van der Waals surface area contributed by atoms with Gasteiger partial charge in [-0.25, -0.2) is 0 Å². The second-order valence-corrected chi connectivity index (χ2v) is 6.29. The van der Waals surface area contributed by atoms with Crippen molar-refractivity contribution in [3.8, 4) is 11.5 Å². The Morgan fingerprint density at radius 3 is 2.17 bits per heavy atom. The van der Waals surface area contributed by atoms with Crippen LogP contribution in [0.5, 0.6) is 11.5 Å². The molecule has 9 N–H and O–H groups in total. The monoisotopic (exact) mass is 417 g/mol. The molecule has 1 amide bonds. The fourth-order valence-electron chi connectivity index (χ4n) is 2.32. The van der Waals surface area contributed by atoms with Crippen molar-refractivity contribution in [2.24, 2.45) is 0 Å². The van der Waals surface area contributed by atoms with Crippen molar-refractivity contribution in [3.63, 3.8) is 0 Å². The number of carbonyl (C=O) groups excluding carboxylic acids is 1. The summed E-state index contributed by atoms with van der Waals surface area (Å²) in [7, 11) is 1.37. The Morgan fingerprint density at radius 2 is 1.62 bits per heavy atom. The minimum absolute atomic E-state index is 0.0661. The van der Waals surface area contributed by atoms with Crippen LogP contribution in [-0.4, -0.2) is 104 Å². The zero-order valence-corrected chi connectivity index (χ0v) is 15.7. The summed E-state index contributed by atoms with van der Waals surface area (Å²) in [6, 6.07) is 4.40. The second kappa shape index (κ2) is 11.7. The summed E-state index contributed by atoms with van der Waals surface area (Å²) in [4.78, 5) is 11.8. The molecule has 0 aromatic heterocycles. The van der Waals surface area contributed by atoms with Gasteiger partial charge in [-0.15, -0.1) is 0 Å². The van der Waals surface area contributed by atoms with E-state index in [-0.39, 0.29) is 11.5 Å². The number of hydrogen-bond acceptors (Lipinski definition) is 10. The van der Waals surface area contributed by atoms with Gasteiger partial charge in [0, 0.05) is 12.6 Å². The Labute approximate surface area is 166 Å². The fourth-order valence-corrected chi connectivity index (χ4v) is 2.32. The highest BCUT2D eigenvalue weighted by molar-refractivity contribution is 5.91. The number of ether oxygens (including phenoxy) is 1. The number of aromatic hydroxyl groups is 1. The van der Waals surface area contributed by atoms with Crippen LogP contribution in [0.2, 0.25) is 0 Å². The first-order chi connectivity index (χ1) is 13.6. The number of rotatable bonds is 11. The lowest BCUT2D eigenvalue weighted by Crippen LogP contribution is -2.54. The molecule has 0 heterocycles. The molecule has 0 radical (unpaired) electrons. The van der Waals surface area contributed by atoms with Crippen LogP contribution in [0, 0.1) is 0 Å². The van der Waals surface area contributed by atoms with Crippen LogP contribution >= 0.6 is 0 Å². The van der Waals surface area contributed by atoms with Crippen LogP contribution in [0.3, 0.4) is 0 Å². The number of phenolic OH excluding ortho intramolecular Hbond substituents is 1. The molecule has 6 unspecified atom stereocenters. The van der Waals surface area contributed by atoms with Gasteiger partial charge < -0.3 is 50.9 Å². The Bertz CT molecular complexity index is 683. The van der Waals surface area contributed by atoms with E-state index in [0.29, 0.717) is 5.56 Å². The lowest BCUT2D eigenvalue weighted by Gasteiger charge is -2.30. The zero-order chi connectivity index (χ0) is 22.1. The molecular formula is C18H27NO10. The molecule has 0 aliphatic rings. The number of hydrogen-bond donors (Lipinski definition) is 9. The SMILES string of the molecule is COc1cc(/C=C/C(=O)NCC(O)C(O)C(O)C(O)C(O)C(O)CO)ccc1O. The fraction of sp³-hybridized carbons (Fsp3) is 0.500. The van der Waals surface area contributed by atoms with Crippen molar-refractivity contribution >= 4 is 12.0 Å². The summed E-state index contributed by atoms with van der Waals surface area (Å²) in [5.74, 6) is -0.496. The Hall–Kier alpha value is -2.25. The summed E-state index contributed by atoms with van der Waals surface area (Å²) in [5.41, 5.74) is 0.547. The van der Waals surface area contributed by atoms with Crippen molar-refractivity contribution in [1.82, 2.24) is 5.32 Å². The largest absolute Gasteiger partial charge is 0.504 e. The molecule has 0 aliphatic carbocycles. The topological polar surface area (TPSA) is 200 Å². The summed E-state index contributed by atoms with van der Waals surface area (Å²) < 4.78 is 4.94. The van der Waals surface area contributed by atoms with Gasteiger partial charge in [0.15, 0.2) is 11.5 Å². The molecule has 0 fully saturated rings. The van der Waals surface area contributed by atoms with Crippen molar-refractivity contribution in [2.45, 2.75) is 36.6 Å². The van der Waals surface area contributed by atoms with Crippen LogP contribution in [0.15, 0.2) is 24.3 Å². The van der Waals surface area contributed by atoms with E-state index in [4.69, 9.17) is 9.84 Å². The molecule has 11 nitrogen and oxygen atoms in total. The van der Waals surface area contributed by atoms with E-state index < -0.39 is 55.7 Å². The number of aliphatic hydroxyl groups is 7. The van der Waals surface area contributed by atoms with Crippen molar-refractivity contribution in [3.05, 3.63) is 29.8 Å². The van der Waals surface area contributed by atoms with Gasteiger partial charge in [-0.3, -0.25) is 4.79 Å². The van der Waals surface area contributed by atoms with Crippen molar-refractivity contribution < 1.29 is 50.4 Å². The minimum Gasteiger partial charge on any atom is -0.504 e. The van der Waals surface area contributed by atoms with Gasteiger partial charge in [-0.2, -0.15) is 0 Å². The molecular weight excluding hydrogens is 390 g/mol. The van der Waals surface area contributed by atoms with Crippen molar-refractivity contribution in [1.29, 1.82) is 0 Å². The number of phenols is 1. The summed E-state index contributed by atoms with van der Waals surface area (Å²) in [6.07, 6.45) is -8.97. The molecule has 11 heteroatoms. The molecule has 6 atom stereocenters. The van der Waals surface area contributed by atoms with Gasteiger partial charge in [0.1, 0.15) is 30.5 Å². The third kappa shape index (κ3) is 7.25. The first-order valence-electron chi connectivity index (χ1n) is 8.64. The van der Waals surface area contributed by atoms with Crippen LogP contribution in [0.1, 0.15) is 5.56 Å². The molecule has 0 saturated heterocycles. The highest BCUT2D eigenvalue weighted by Gasteiger charge is 2.36. The predicted octanol–water partition coefficient (Wildman–Crippen LogP) is -3.31. The molecule has 164 valence electrons. The second-order valence-electron chi connectivity index (χ2n) is 6.29. The normalized spacial score (nSPS) is 17.9. The molecule has 1 aromatic carbocycles. The number of amides is 1. The number of methoxy groups -OCH3 is 1. The van der Waals surface area contributed by atoms with E-state index in [1.54, 1.807) is 0 Å². The Balaban J connectivity index is 2.57. The zero-order valence-electron chi connectivity index (χ0n) is 15.7. The number of carbonyl (C=O) groups is 1. The van der Waals surface area contributed by atoms with Crippen molar-refractivity contribution in [2.75, 3.05) is 20.3 Å². The maximum absolute atomic E-state index is 11.8. The van der Waals surface area contributed by atoms with Crippen LogP contribution in [-0.2, 0) is 4.79 Å². The standard InChI is InChI=1S/C18H27NO10/c1-29-13-6-9(2-4-10(13)21)3-5-14(24)19-7-11(22)15(25)17(27)18(28)16(26)12(23)8-20/h2-6,11-12,15-18,20-23,25-28H,7-8H2,1H3,(H,19,24)/b5-3+.